The quantitative estimate of drug-likeness (QED) is 0.276. The van der Waals surface area contributed by atoms with Gasteiger partial charge in [0.2, 0.25) is 0 Å². The number of hydrogen-bond acceptors (Lipinski definition) is 3. The Balaban J connectivity index is 1.85. The van der Waals surface area contributed by atoms with Crippen molar-refractivity contribution in [3.63, 3.8) is 0 Å². The highest BCUT2D eigenvalue weighted by Gasteiger charge is 2.31. The Morgan fingerprint density at radius 2 is 1.73 bits per heavy atom. The van der Waals surface area contributed by atoms with Gasteiger partial charge in [0.05, 0.1) is 33.7 Å². The van der Waals surface area contributed by atoms with E-state index in [0.29, 0.717) is 6.07 Å². The average molecular weight is 485 g/mol. The largest absolute Gasteiger partial charge is 0.416 e. The van der Waals surface area contributed by atoms with Crippen LogP contribution in [0.4, 0.5) is 32.0 Å². The molecule has 0 saturated heterocycles. The number of alkyl halides is 6. The second-order valence-electron chi connectivity index (χ2n) is 6.58. The molecule has 0 spiro atoms. The van der Waals surface area contributed by atoms with Gasteiger partial charge in [-0.15, -0.1) is 0 Å². The van der Waals surface area contributed by atoms with Crippen LogP contribution in [0.15, 0.2) is 60.4 Å². The maximum atomic E-state index is 12.9. The zero-order valence-corrected chi connectivity index (χ0v) is 16.9. The van der Waals surface area contributed by atoms with Gasteiger partial charge in [0.25, 0.3) is 5.91 Å². The Bertz CT molecular complexity index is 1270. The zero-order valence-electron chi connectivity index (χ0n) is 16.2. The number of benzene rings is 2. The van der Waals surface area contributed by atoms with E-state index in [2.05, 4.69) is 10.4 Å². The molecule has 0 atom stereocenters. The van der Waals surface area contributed by atoms with Gasteiger partial charge in [-0.1, -0.05) is 17.7 Å². The summed E-state index contributed by atoms with van der Waals surface area (Å²) in [6.45, 7) is 0. The van der Waals surface area contributed by atoms with E-state index in [-0.39, 0.29) is 22.0 Å². The Labute approximate surface area is 187 Å². The third kappa shape index (κ3) is 5.72. The first-order valence-corrected chi connectivity index (χ1v) is 9.28. The minimum atomic E-state index is -4.67. The highest BCUT2D eigenvalue weighted by molar-refractivity contribution is 6.34. The Kier molecular flexibility index (Phi) is 6.51. The van der Waals surface area contributed by atoms with Crippen molar-refractivity contribution in [1.82, 2.24) is 9.78 Å². The molecule has 5 nitrogen and oxygen atoms in total. The number of nitriles is 1. The van der Waals surface area contributed by atoms with Gasteiger partial charge in [0.15, 0.2) is 0 Å². The molecule has 0 bridgehead atoms. The molecule has 0 fully saturated rings. The number of aromatic nitrogens is 2. The van der Waals surface area contributed by atoms with Crippen molar-refractivity contribution >= 4 is 29.3 Å². The maximum Gasteiger partial charge on any atom is 0.416 e. The van der Waals surface area contributed by atoms with E-state index < -0.39 is 35.0 Å². The van der Waals surface area contributed by atoms with Gasteiger partial charge in [0, 0.05) is 11.8 Å². The summed E-state index contributed by atoms with van der Waals surface area (Å²) < 4.78 is 78.5. The van der Waals surface area contributed by atoms with Crippen molar-refractivity contribution < 1.29 is 31.1 Å². The molecule has 1 N–H and O–H groups in total. The molecule has 1 amide bonds. The van der Waals surface area contributed by atoms with Crippen molar-refractivity contribution in [1.29, 1.82) is 5.26 Å². The summed E-state index contributed by atoms with van der Waals surface area (Å²) in [6.07, 6.45) is -5.67. The Morgan fingerprint density at radius 1 is 1.06 bits per heavy atom. The van der Waals surface area contributed by atoms with Crippen LogP contribution in [-0.4, -0.2) is 15.7 Å². The van der Waals surface area contributed by atoms with E-state index in [1.807, 2.05) is 0 Å². The molecule has 1 aromatic heterocycles. The monoisotopic (exact) mass is 484 g/mol. The lowest BCUT2D eigenvalue weighted by Crippen LogP contribution is -2.15. The van der Waals surface area contributed by atoms with Crippen molar-refractivity contribution in [2.75, 3.05) is 5.32 Å². The van der Waals surface area contributed by atoms with Crippen LogP contribution in [0.5, 0.6) is 0 Å². The molecule has 0 unspecified atom stereocenters. The first-order valence-electron chi connectivity index (χ1n) is 8.90. The van der Waals surface area contributed by atoms with Gasteiger partial charge in [-0.2, -0.15) is 36.7 Å². The van der Waals surface area contributed by atoms with E-state index in [1.54, 1.807) is 6.07 Å². The maximum absolute atomic E-state index is 12.9. The summed E-state index contributed by atoms with van der Waals surface area (Å²) >= 11 is 5.84. The number of halogens is 7. The lowest BCUT2D eigenvalue weighted by Gasteiger charge is -2.11. The summed E-state index contributed by atoms with van der Waals surface area (Å²) in [7, 11) is 0. The van der Waals surface area contributed by atoms with Gasteiger partial charge >= 0.3 is 12.4 Å². The minimum absolute atomic E-state index is 0.0863. The molecule has 12 heteroatoms. The van der Waals surface area contributed by atoms with Crippen LogP contribution in [0.25, 0.3) is 11.8 Å². The molecule has 3 rings (SSSR count). The number of hydrogen-bond donors (Lipinski definition) is 1. The van der Waals surface area contributed by atoms with E-state index in [4.69, 9.17) is 11.6 Å². The first kappa shape index (κ1) is 23.9. The molecule has 170 valence electrons. The second kappa shape index (κ2) is 8.99. The molecule has 0 aliphatic heterocycles. The topological polar surface area (TPSA) is 70.7 Å². The summed E-state index contributed by atoms with van der Waals surface area (Å²) in [6, 6.07) is 8.27. The third-order valence-electron chi connectivity index (χ3n) is 4.26. The van der Waals surface area contributed by atoms with Crippen molar-refractivity contribution in [3.05, 3.63) is 82.1 Å². The predicted molar refractivity (Wildman–Crippen MR) is 107 cm³/mol. The van der Waals surface area contributed by atoms with Crippen LogP contribution < -0.4 is 5.32 Å². The number of nitrogens with one attached hydrogen (secondary N) is 1. The van der Waals surface area contributed by atoms with Crippen LogP contribution in [-0.2, 0) is 17.1 Å². The summed E-state index contributed by atoms with van der Waals surface area (Å²) in [5, 5.41) is 15.2. The highest BCUT2D eigenvalue weighted by atomic mass is 35.5. The van der Waals surface area contributed by atoms with Crippen molar-refractivity contribution in [2.24, 2.45) is 0 Å². The smallest absolute Gasteiger partial charge is 0.320 e. The Morgan fingerprint density at radius 3 is 2.36 bits per heavy atom. The normalized spacial score (nSPS) is 12.4. The Hall–Kier alpha value is -3.78. The molecule has 33 heavy (non-hydrogen) atoms. The van der Waals surface area contributed by atoms with Crippen LogP contribution in [0.3, 0.4) is 0 Å². The van der Waals surface area contributed by atoms with Gasteiger partial charge in [-0.05, 0) is 42.5 Å². The second-order valence-corrected chi connectivity index (χ2v) is 6.99. The van der Waals surface area contributed by atoms with Crippen LogP contribution in [0, 0.1) is 11.3 Å². The van der Waals surface area contributed by atoms with Crippen molar-refractivity contribution in [3.8, 4) is 11.8 Å². The lowest BCUT2D eigenvalue weighted by molar-refractivity contribution is -0.138. The molecule has 2 aromatic carbocycles. The minimum Gasteiger partial charge on any atom is -0.320 e. The number of rotatable bonds is 4. The molecule has 0 aliphatic carbocycles. The van der Waals surface area contributed by atoms with Crippen molar-refractivity contribution in [2.45, 2.75) is 12.4 Å². The van der Waals surface area contributed by atoms with E-state index in [9.17, 15) is 36.4 Å². The number of carbonyl (C=O) groups excluding carboxylic acids is 1. The zero-order chi connectivity index (χ0) is 24.4. The third-order valence-corrected chi connectivity index (χ3v) is 4.59. The molecular formula is C21H11ClF6N4O. The first-order chi connectivity index (χ1) is 15.4. The molecule has 0 aliphatic rings. The predicted octanol–water partition coefficient (Wildman–Crippen LogP) is 6.11. The van der Waals surface area contributed by atoms with Gasteiger partial charge < -0.3 is 5.32 Å². The van der Waals surface area contributed by atoms with Gasteiger partial charge in [0.1, 0.15) is 11.6 Å². The SMILES string of the molecule is N#C/C(=C\c1cnn(-c2cccc(C(F)(F)F)c2)c1)C(=O)Nc1cc(C(F)(F)F)ccc1Cl. The molecule has 0 radical (unpaired) electrons. The fourth-order valence-corrected chi connectivity index (χ4v) is 2.84. The fraction of sp³-hybridized carbons (Fsp3) is 0.0952. The molecule has 3 aromatic rings. The highest BCUT2D eigenvalue weighted by Crippen LogP contribution is 2.34. The van der Waals surface area contributed by atoms with E-state index in [0.717, 1.165) is 35.0 Å². The molecular weight excluding hydrogens is 474 g/mol. The molecule has 1 heterocycles. The summed E-state index contributed by atoms with van der Waals surface area (Å²) in [4.78, 5) is 12.4. The molecule has 0 saturated carbocycles. The van der Waals surface area contributed by atoms with Crippen LogP contribution in [0.2, 0.25) is 5.02 Å². The number of amides is 1. The summed E-state index contributed by atoms with van der Waals surface area (Å²) in [5.74, 6) is -1.04. The fourth-order valence-electron chi connectivity index (χ4n) is 2.68. The number of anilines is 1. The van der Waals surface area contributed by atoms with Gasteiger partial charge in [-0.25, -0.2) is 4.68 Å². The van der Waals surface area contributed by atoms with Gasteiger partial charge in [-0.3, -0.25) is 4.79 Å². The standard InChI is InChI=1S/C21H11ClF6N4O/c22-17-5-4-15(21(26,27)28)8-18(17)31-19(33)13(9-29)6-12-10-30-32(11-12)16-3-1-2-14(7-16)20(23,24)25/h1-8,10-11H,(H,31,33)/b13-6+. The van der Waals surface area contributed by atoms with E-state index in [1.165, 1.54) is 24.5 Å². The number of carbonyl (C=O) groups is 1. The average Bonchev–Trinajstić information content (AvgIpc) is 3.21. The van der Waals surface area contributed by atoms with E-state index >= 15 is 0 Å². The van der Waals surface area contributed by atoms with Crippen LogP contribution in [0.1, 0.15) is 16.7 Å². The lowest BCUT2D eigenvalue weighted by atomic mass is 10.1. The summed E-state index contributed by atoms with van der Waals surface area (Å²) in [5.41, 5.74) is -2.50. The number of nitrogens with zero attached hydrogens (tertiary/aromatic N) is 3. The van der Waals surface area contributed by atoms with Crippen LogP contribution >= 0.6 is 11.6 Å².